The lowest BCUT2D eigenvalue weighted by Gasteiger charge is -2.34. The predicted molar refractivity (Wildman–Crippen MR) is 295 cm³/mol. The van der Waals surface area contributed by atoms with Gasteiger partial charge in [-0.1, -0.05) is 97.1 Å². The largest absolute Gasteiger partial charge is 0.377 e. The molecule has 0 spiro atoms. The Morgan fingerprint density at radius 2 is 0.960 bits per heavy atom. The zero-order valence-corrected chi connectivity index (χ0v) is 45.0. The summed E-state index contributed by atoms with van der Waals surface area (Å²) >= 11 is 0. The Labute approximate surface area is 444 Å². The van der Waals surface area contributed by atoms with Crippen LogP contribution in [0.15, 0.2) is 168 Å². The molecule has 0 amide bonds. The number of hydrogen-bond acceptors (Lipinski definition) is 12. The van der Waals surface area contributed by atoms with E-state index < -0.39 is 25.9 Å². The average Bonchev–Trinajstić information content (AvgIpc) is 3.43. The van der Waals surface area contributed by atoms with Gasteiger partial charge in [-0.3, -0.25) is 8.61 Å². The van der Waals surface area contributed by atoms with E-state index in [2.05, 4.69) is 40.2 Å². The fourth-order valence-electron chi connectivity index (χ4n) is 8.40. The zero-order valence-electron chi connectivity index (χ0n) is 43.3. The van der Waals surface area contributed by atoms with Crippen LogP contribution in [0.3, 0.4) is 0 Å². The summed E-state index contributed by atoms with van der Waals surface area (Å²) in [5.74, 6) is -0.687. The maximum atomic E-state index is 13.7. The van der Waals surface area contributed by atoms with E-state index in [4.69, 9.17) is 14.7 Å². The number of likely N-dealkylation sites (N-methyl/N-ethyl adjacent to an activating group) is 2. The molecule has 2 heterocycles. The van der Waals surface area contributed by atoms with Crippen molar-refractivity contribution in [1.82, 2.24) is 15.1 Å². The highest BCUT2D eigenvalue weighted by Gasteiger charge is 2.29. The molecule has 1 N–H and O–H groups in total. The highest BCUT2D eigenvalue weighted by molar-refractivity contribution is 7.93. The van der Waals surface area contributed by atoms with Crippen molar-refractivity contribution in [3.63, 3.8) is 0 Å². The van der Waals surface area contributed by atoms with Gasteiger partial charge in [-0.15, -0.1) is 0 Å². The zero-order chi connectivity index (χ0) is 53.6. The van der Waals surface area contributed by atoms with E-state index in [1.165, 1.54) is 45.7 Å². The van der Waals surface area contributed by atoms with E-state index in [0.29, 0.717) is 24.0 Å². The van der Waals surface area contributed by atoms with Crippen LogP contribution in [0, 0.1) is 28.5 Å². The van der Waals surface area contributed by atoms with Crippen molar-refractivity contribution in [2.24, 2.45) is 0 Å². The quantitative estimate of drug-likeness (QED) is 0.0821. The molecule has 8 rings (SSSR count). The van der Waals surface area contributed by atoms with Gasteiger partial charge in [-0.05, 0) is 139 Å². The normalized spacial score (nSPS) is 14.2. The molecule has 0 aliphatic carbocycles. The number of nitrogens with zero attached hydrogens (tertiary/aromatic N) is 7. The van der Waals surface area contributed by atoms with Gasteiger partial charge in [0.15, 0.2) is 0 Å². The third-order valence-electron chi connectivity index (χ3n) is 12.6. The fraction of sp³-hybridized carbons (Fsp3) is 0.345. The second-order valence-electron chi connectivity index (χ2n) is 18.7. The number of hydrogen-bond donors (Lipinski definition) is 1. The van der Waals surface area contributed by atoms with Crippen LogP contribution in [0.25, 0.3) is 0 Å². The number of anilines is 3. The number of piperidine rings is 2. The summed E-state index contributed by atoms with van der Waals surface area (Å²) in [6, 6.07) is 48.1. The molecule has 2 fully saturated rings. The van der Waals surface area contributed by atoms with Crippen LogP contribution in [0.1, 0.15) is 47.9 Å². The third-order valence-corrected chi connectivity index (χ3v) is 16.2. The molecular formula is C58H69FN8O6S2. The van der Waals surface area contributed by atoms with Crippen LogP contribution in [0.2, 0.25) is 0 Å². The van der Waals surface area contributed by atoms with Crippen LogP contribution in [0.4, 0.5) is 21.5 Å². The molecule has 2 aliphatic heterocycles. The molecule has 2 saturated heterocycles. The fourth-order valence-corrected chi connectivity index (χ4v) is 11.3. The average molecular weight is 1060 g/mol. The van der Waals surface area contributed by atoms with Crippen LogP contribution in [0.5, 0.6) is 0 Å². The Hall–Kier alpha value is -6.67. The topological polar surface area (TPSA) is 163 Å². The van der Waals surface area contributed by atoms with Gasteiger partial charge >= 0.3 is 0 Å². The maximum absolute atomic E-state index is 13.7. The number of nitriles is 2. The highest BCUT2D eigenvalue weighted by atomic mass is 32.2. The van der Waals surface area contributed by atoms with Gasteiger partial charge in [-0.2, -0.15) is 10.5 Å². The molecule has 0 radical (unpaired) electrons. The van der Waals surface area contributed by atoms with Crippen molar-refractivity contribution in [3.8, 4) is 12.1 Å². The SMILES string of the molecule is CN(C)CCOC1CCN(c2ccc(N(Cc3ccccc3)S(=O)(=O)c3ccccc3)cc2C#N)CC1.CN(C)CCOC1CCNCC1.N#Cc1cc(N(Cc2ccccc2)S(=O)(=O)c2ccccc2)ccc1F. The molecule has 0 bridgehead atoms. The first-order valence-electron chi connectivity index (χ1n) is 25.1. The van der Waals surface area contributed by atoms with Crippen molar-refractivity contribution in [2.45, 2.75) is 60.8 Å². The Morgan fingerprint density at radius 1 is 0.560 bits per heavy atom. The minimum absolute atomic E-state index is 0.0641. The van der Waals surface area contributed by atoms with Crippen LogP contribution in [-0.2, 0) is 42.6 Å². The Bertz CT molecular complexity index is 2990. The Kier molecular flexibility index (Phi) is 22.2. The van der Waals surface area contributed by atoms with Gasteiger partial charge in [0.1, 0.15) is 18.0 Å². The summed E-state index contributed by atoms with van der Waals surface area (Å²) in [6.45, 7) is 7.55. The van der Waals surface area contributed by atoms with Crippen LogP contribution < -0.4 is 18.8 Å². The number of nitrogens with one attached hydrogen (secondary N) is 1. The van der Waals surface area contributed by atoms with Gasteiger partial charge in [-0.25, -0.2) is 21.2 Å². The lowest BCUT2D eigenvalue weighted by Crippen LogP contribution is -2.38. The van der Waals surface area contributed by atoms with Crippen molar-refractivity contribution >= 4 is 37.1 Å². The monoisotopic (exact) mass is 1060 g/mol. The van der Waals surface area contributed by atoms with Crippen LogP contribution in [-0.4, -0.2) is 120 Å². The van der Waals surface area contributed by atoms with E-state index in [9.17, 15) is 26.5 Å². The third kappa shape index (κ3) is 17.2. The number of halogens is 1. The summed E-state index contributed by atoms with van der Waals surface area (Å²) in [5, 5.41) is 22.4. The molecule has 396 valence electrons. The predicted octanol–water partition coefficient (Wildman–Crippen LogP) is 8.91. The van der Waals surface area contributed by atoms with Gasteiger partial charge < -0.3 is 29.5 Å². The second kappa shape index (κ2) is 28.9. The Balaban J connectivity index is 0.000000207. The van der Waals surface area contributed by atoms with Gasteiger partial charge in [0.2, 0.25) is 0 Å². The number of benzene rings is 6. The number of ether oxygens (including phenoxy) is 2. The summed E-state index contributed by atoms with van der Waals surface area (Å²) in [5.41, 5.74) is 3.42. The highest BCUT2D eigenvalue weighted by Crippen LogP contribution is 2.33. The molecule has 0 unspecified atom stereocenters. The minimum Gasteiger partial charge on any atom is -0.377 e. The molecule has 2 aliphatic rings. The molecule has 75 heavy (non-hydrogen) atoms. The molecule has 6 aromatic rings. The maximum Gasteiger partial charge on any atom is 0.264 e. The second-order valence-corrected chi connectivity index (χ2v) is 22.4. The molecule has 0 atom stereocenters. The first kappa shape index (κ1) is 57.6. The van der Waals surface area contributed by atoms with Gasteiger partial charge in [0, 0.05) is 26.2 Å². The van der Waals surface area contributed by atoms with E-state index in [-0.39, 0.29) is 40.2 Å². The van der Waals surface area contributed by atoms with E-state index in [1.807, 2.05) is 80.8 Å². The summed E-state index contributed by atoms with van der Waals surface area (Å²) in [4.78, 5) is 6.79. The van der Waals surface area contributed by atoms with E-state index in [0.717, 1.165) is 81.6 Å². The summed E-state index contributed by atoms with van der Waals surface area (Å²) in [7, 11) is 0.480. The standard InChI is InChI=1S/C29H34N4O3S.C20H15FN2O2S.C9H20N2O/c1-31(2)19-20-36-27-15-17-32(18-16-27)29-14-13-26(21-25(29)22-30)33(23-24-9-5-3-6-10-24)37(34,35)28-11-7-4-8-12-28;21-20-12-11-18(13-17(20)14-22)23(15-16-7-3-1-4-8-16)26(24,25)19-9-5-2-6-10-19;1-11(2)7-8-12-9-3-5-10-6-4-9/h3-14,21,27H,15-20,23H2,1-2H3;1-13H,15H2;9-10H,3-8H2,1-2H3. The van der Waals surface area contributed by atoms with Crippen molar-refractivity contribution in [3.05, 3.63) is 186 Å². The summed E-state index contributed by atoms with van der Waals surface area (Å²) in [6.07, 6.45) is 4.86. The molecule has 0 aromatic heterocycles. The molecule has 0 saturated carbocycles. The molecule has 17 heteroatoms. The van der Waals surface area contributed by atoms with Crippen molar-refractivity contribution in [1.29, 1.82) is 10.5 Å². The minimum atomic E-state index is -3.89. The number of sulfonamides is 2. The first-order valence-corrected chi connectivity index (χ1v) is 28.0. The van der Waals surface area contributed by atoms with Gasteiger partial charge in [0.25, 0.3) is 20.0 Å². The van der Waals surface area contributed by atoms with Crippen LogP contribution >= 0.6 is 0 Å². The van der Waals surface area contributed by atoms with Gasteiger partial charge in [0.05, 0.1) is 76.5 Å². The summed E-state index contributed by atoms with van der Waals surface area (Å²) < 4.78 is 81.7. The Morgan fingerprint density at radius 3 is 1.39 bits per heavy atom. The molecule has 14 nitrogen and oxygen atoms in total. The van der Waals surface area contributed by atoms with E-state index in [1.54, 1.807) is 66.7 Å². The molecule has 6 aromatic carbocycles. The van der Waals surface area contributed by atoms with E-state index >= 15 is 0 Å². The number of rotatable bonds is 19. The van der Waals surface area contributed by atoms with Crippen molar-refractivity contribution < 1.29 is 30.7 Å². The lowest BCUT2D eigenvalue weighted by atomic mass is 10.0. The first-order chi connectivity index (χ1) is 36.2. The smallest absolute Gasteiger partial charge is 0.264 e. The molecular weight excluding hydrogens is 988 g/mol. The lowest BCUT2D eigenvalue weighted by molar-refractivity contribution is 0.0256. The van der Waals surface area contributed by atoms with Crippen molar-refractivity contribution in [2.75, 3.05) is 94.2 Å².